The van der Waals surface area contributed by atoms with E-state index in [-0.39, 0.29) is 17.1 Å². The van der Waals surface area contributed by atoms with E-state index >= 15 is 0 Å². The summed E-state index contributed by atoms with van der Waals surface area (Å²) in [6, 6.07) is 24.8. The molecule has 0 saturated carbocycles. The van der Waals surface area contributed by atoms with Crippen molar-refractivity contribution in [3.8, 4) is 11.1 Å². The predicted octanol–water partition coefficient (Wildman–Crippen LogP) is 7.02. The third kappa shape index (κ3) is 2.55. The van der Waals surface area contributed by atoms with Crippen molar-refractivity contribution >= 4 is 17.4 Å². The molecule has 1 heterocycles. The number of ether oxygens (including phenoxy) is 1. The first-order valence-electron chi connectivity index (χ1n) is 10.8. The number of rotatable bonds is 1. The first-order valence-corrected chi connectivity index (χ1v) is 11.2. The van der Waals surface area contributed by atoms with Crippen molar-refractivity contribution in [2.24, 2.45) is 5.41 Å². The van der Waals surface area contributed by atoms with Gasteiger partial charge in [-0.25, -0.2) is 0 Å². The maximum Gasteiger partial charge on any atom is 0.171 e. The molecule has 0 aromatic heterocycles. The largest absolute Gasteiger partial charge is 0.481 e. The zero-order valence-electron chi connectivity index (χ0n) is 17.6. The van der Waals surface area contributed by atoms with E-state index in [1.165, 1.54) is 11.1 Å². The first-order chi connectivity index (χ1) is 14.9. The van der Waals surface area contributed by atoms with E-state index in [9.17, 15) is 4.79 Å². The highest BCUT2D eigenvalue weighted by Gasteiger charge is 2.60. The molecular weight excluding hydrogens is 404 g/mol. The molecular formula is C28H23ClO2. The summed E-state index contributed by atoms with van der Waals surface area (Å²) in [6.07, 6.45) is 1.31. The predicted molar refractivity (Wildman–Crippen MR) is 123 cm³/mol. The van der Waals surface area contributed by atoms with Gasteiger partial charge in [0.05, 0.1) is 5.92 Å². The van der Waals surface area contributed by atoms with E-state index in [0.29, 0.717) is 11.4 Å². The summed E-state index contributed by atoms with van der Waals surface area (Å²) in [5, 5.41) is 0.689. The second kappa shape index (κ2) is 6.34. The lowest BCUT2D eigenvalue weighted by molar-refractivity contribution is -0.118. The summed E-state index contributed by atoms with van der Waals surface area (Å²) in [5.41, 5.74) is 5.70. The minimum Gasteiger partial charge on any atom is -0.481 e. The monoisotopic (exact) mass is 426 g/mol. The van der Waals surface area contributed by atoms with Crippen molar-refractivity contribution in [1.29, 1.82) is 0 Å². The van der Waals surface area contributed by atoms with Crippen LogP contribution in [0.2, 0.25) is 5.02 Å². The number of ketones is 1. The van der Waals surface area contributed by atoms with Crippen LogP contribution in [0.4, 0.5) is 0 Å². The van der Waals surface area contributed by atoms with Crippen LogP contribution >= 0.6 is 11.6 Å². The number of benzene rings is 3. The average Bonchev–Trinajstić information content (AvgIpc) is 3.22. The third-order valence-electron chi connectivity index (χ3n) is 7.01. The van der Waals surface area contributed by atoms with Crippen LogP contribution in [0.1, 0.15) is 49.3 Å². The Kier molecular flexibility index (Phi) is 3.86. The quantitative estimate of drug-likeness (QED) is 0.417. The van der Waals surface area contributed by atoms with Crippen LogP contribution in [-0.2, 0) is 15.1 Å². The summed E-state index contributed by atoms with van der Waals surface area (Å²) >= 11 is 6.22. The van der Waals surface area contributed by atoms with Crippen LogP contribution in [0, 0.1) is 5.41 Å². The lowest BCUT2D eigenvalue weighted by Crippen LogP contribution is -2.33. The lowest BCUT2D eigenvalue weighted by atomic mass is 9.68. The van der Waals surface area contributed by atoms with Gasteiger partial charge in [0.15, 0.2) is 11.4 Å². The Balaban J connectivity index is 1.67. The van der Waals surface area contributed by atoms with E-state index in [0.717, 1.165) is 34.4 Å². The van der Waals surface area contributed by atoms with Crippen molar-refractivity contribution in [1.82, 2.24) is 0 Å². The number of Topliss-reactive ketones (excluding diaryl/α,β-unsaturated/α-hetero) is 1. The zero-order chi connectivity index (χ0) is 21.4. The standard InChI is InChI=1S/C28H23ClO2/c1-27(2)15-23(30)25-24(16-27)31-28(26(25)17-11-13-18(29)14-12-17)21-9-5-3-7-19(21)20-8-4-6-10-22(20)28/h3-14,26H,15-16H2,1-2H3. The summed E-state index contributed by atoms with van der Waals surface area (Å²) in [7, 11) is 0. The van der Waals surface area contributed by atoms with E-state index in [1.807, 2.05) is 24.3 Å². The fourth-order valence-electron chi connectivity index (χ4n) is 5.85. The molecule has 0 bridgehead atoms. The average molecular weight is 427 g/mol. The van der Waals surface area contributed by atoms with Crippen molar-refractivity contribution in [2.45, 2.75) is 38.2 Å². The molecule has 3 heteroatoms. The molecule has 0 N–H and O–H groups in total. The summed E-state index contributed by atoms with van der Waals surface area (Å²) < 4.78 is 7.00. The van der Waals surface area contributed by atoms with E-state index in [1.54, 1.807) is 0 Å². The highest BCUT2D eigenvalue weighted by molar-refractivity contribution is 6.30. The molecule has 0 amide bonds. The maximum absolute atomic E-state index is 13.5. The maximum atomic E-state index is 13.5. The number of hydrogen-bond donors (Lipinski definition) is 0. The number of halogens is 1. The Bertz CT molecular complexity index is 1220. The van der Waals surface area contributed by atoms with Crippen molar-refractivity contribution in [2.75, 3.05) is 0 Å². The zero-order valence-corrected chi connectivity index (χ0v) is 18.4. The van der Waals surface area contributed by atoms with Gasteiger partial charge in [0.25, 0.3) is 0 Å². The molecule has 31 heavy (non-hydrogen) atoms. The first kappa shape index (κ1) is 18.9. The van der Waals surface area contributed by atoms with E-state index < -0.39 is 5.60 Å². The molecule has 3 aromatic rings. The topological polar surface area (TPSA) is 26.3 Å². The molecule has 1 aliphatic heterocycles. The Morgan fingerprint density at radius 1 is 0.839 bits per heavy atom. The molecule has 1 atom stereocenters. The van der Waals surface area contributed by atoms with Gasteiger partial charge in [0.1, 0.15) is 5.76 Å². The lowest BCUT2D eigenvalue weighted by Gasteiger charge is -2.34. The molecule has 1 unspecified atom stereocenters. The van der Waals surface area contributed by atoms with Crippen LogP contribution in [0.5, 0.6) is 0 Å². The van der Waals surface area contributed by atoms with Crippen LogP contribution in [0.25, 0.3) is 11.1 Å². The summed E-state index contributed by atoms with van der Waals surface area (Å²) in [4.78, 5) is 13.5. The number of fused-ring (bicyclic) bond motifs is 5. The summed E-state index contributed by atoms with van der Waals surface area (Å²) in [5.74, 6) is 0.853. The van der Waals surface area contributed by atoms with Gasteiger partial charge in [0, 0.05) is 34.6 Å². The molecule has 154 valence electrons. The van der Waals surface area contributed by atoms with Gasteiger partial charge in [0.2, 0.25) is 0 Å². The van der Waals surface area contributed by atoms with E-state index in [2.05, 4.69) is 62.4 Å². The molecule has 1 spiro atoms. The molecule has 3 aromatic carbocycles. The molecule has 3 aliphatic rings. The van der Waals surface area contributed by atoms with Gasteiger partial charge in [-0.15, -0.1) is 0 Å². The second-order valence-electron chi connectivity index (χ2n) is 9.69. The number of carbonyl (C=O) groups is 1. The molecule has 6 rings (SSSR count). The van der Waals surface area contributed by atoms with Gasteiger partial charge >= 0.3 is 0 Å². The fourth-order valence-corrected chi connectivity index (χ4v) is 5.98. The highest BCUT2D eigenvalue weighted by atomic mass is 35.5. The molecule has 2 aliphatic carbocycles. The van der Waals surface area contributed by atoms with Crippen LogP contribution < -0.4 is 0 Å². The minimum atomic E-state index is -0.734. The highest BCUT2D eigenvalue weighted by Crippen LogP contribution is 2.64. The van der Waals surface area contributed by atoms with Crippen LogP contribution in [0.15, 0.2) is 84.1 Å². The van der Waals surface area contributed by atoms with Gasteiger partial charge in [-0.3, -0.25) is 4.79 Å². The number of hydrogen-bond acceptors (Lipinski definition) is 2. The normalized spacial score (nSPS) is 22.2. The van der Waals surface area contributed by atoms with Gasteiger partial charge in [-0.2, -0.15) is 0 Å². The Morgan fingerprint density at radius 3 is 2.03 bits per heavy atom. The smallest absolute Gasteiger partial charge is 0.171 e. The van der Waals surface area contributed by atoms with Gasteiger partial charge in [-0.05, 0) is 34.2 Å². The van der Waals surface area contributed by atoms with Gasteiger partial charge in [-0.1, -0.05) is 86.1 Å². The number of allylic oxidation sites excluding steroid dienone is 1. The summed E-state index contributed by atoms with van der Waals surface area (Å²) in [6.45, 7) is 4.30. The number of carbonyl (C=O) groups excluding carboxylic acids is 1. The van der Waals surface area contributed by atoms with E-state index in [4.69, 9.17) is 16.3 Å². The fraction of sp³-hybridized carbons (Fsp3) is 0.250. The Labute approximate surface area is 187 Å². The third-order valence-corrected chi connectivity index (χ3v) is 7.26. The molecule has 2 nitrogen and oxygen atoms in total. The SMILES string of the molecule is CC1(C)CC(=O)C2=C(C1)OC1(c3ccccc3-c3ccccc31)C2c1ccc(Cl)cc1. The Hall–Kier alpha value is -2.84. The van der Waals surface area contributed by atoms with Crippen molar-refractivity contribution < 1.29 is 9.53 Å². The van der Waals surface area contributed by atoms with Crippen LogP contribution in [-0.4, -0.2) is 5.78 Å². The van der Waals surface area contributed by atoms with Crippen LogP contribution in [0.3, 0.4) is 0 Å². The molecule has 0 saturated heterocycles. The Morgan fingerprint density at radius 2 is 1.42 bits per heavy atom. The molecule has 0 fully saturated rings. The van der Waals surface area contributed by atoms with Crippen molar-refractivity contribution in [3.05, 3.63) is 106 Å². The van der Waals surface area contributed by atoms with Gasteiger partial charge < -0.3 is 4.74 Å². The molecule has 0 radical (unpaired) electrons. The second-order valence-corrected chi connectivity index (χ2v) is 10.1. The van der Waals surface area contributed by atoms with Crippen molar-refractivity contribution in [3.63, 3.8) is 0 Å². The minimum absolute atomic E-state index is 0.108.